The maximum Gasteiger partial charge on any atom is 0.332 e. The van der Waals surface area contributed by atoms with Crippen LogP contribution in [0.5, 0.6) is 0 Å². The van der Waals surface area contributed by atoms with Crippen molar-refractivity contribution in [1.82, 2.24) is 23.1 Å². The van der Waals surface area contributed by atoms with Gasteiger partial charge in [-0.25, -0.2) is 13.9 Å². The molecule has 0 saturated carbocycles. The third-order valence-electron chi connectivity index (χ3n) is 6.53. The Morgan fingerprint density at radius 2 is 1.58 bits per heavy atom. The number of fused-ring (bicyclic) bond motifs is 1. The normalized spacial score (nSPS) is 16.2. The van der Waals surface area contributed by atoms with Crippen molar-refractivity contribution in [3.63, 3.8) is 0 Å². The van der Waals surface area contributed by atoms with Gasteiger partial charge in [0.2, 0.25) is 0 Å². The molecule has 0 radical (unpaired) electrons. The number of rotatable bonds is 5. The number of hydrogen-bond donors (Lipinski definition) is 0. The molecule has 1 atom stereocenters. The number of ether oxygens (including phenoxy) is 1. The van der Waals surface area contributed by atoms with E-state index in [4.69, 9.17) is 16.5 Å². The molecule has 4 aromatic rings. The molecule has 5 rings (SSSR count). The van der Waals surface area contributed by atoms with Crippen molar-refractivity contribution in [2.75, 3.05) is 26.7 Å². The number of halogens is 1. The van der Waals surface area contributed by atoms with Gasteiger partial charge in [-0.15, -0.1) is 0 Å². The summed E-state index contributed by atoms with van der Waals surface area (Å²) in [4.78, 5) is 29.3. The fraction of sp³-hybridized carbons (Fsp3) is 0.370. The van der Waals surface area contributed by atoms with Gasteiger partial charge in [-0.3, -0.25) is 13.9 Å². The number of hydrogen-bond acceptors (Lipinski definition) is 5. The molecule has 9 heteroatoms. The van der Waals surface area contributed by atoms with Gasteiger partial charge in [0, 0.05) is 32.4 Å². The van der Waals surface area contributed by atoms with Crippen LogP contribution in [-0.2, 0) is 18.8 Å². The van der Waals surface area contributed by atoms with E-state index in [0.717, 1.165) is 21.8 Å². The summed E-state index contributed by atoms with van der Waals surface area (Å²) in [7, 11) is 5.14. The number of aryl methyl sites for hydroxylation is 1. The van der Waals surface area contributed by atoms with E-state index in [1.165, 1.54) is 55.5 Å². The first-order valence-corrected chi connectivity index (χ1v) is 12.4. The van der Waals surface area contributed by atoms with E-state index in [1.807, 2.05) is 0 Å². The molecule has 0 amide bonds. The molecule has 2 aromatic carbocycles. The second kappa shape index (κ2) is 11.7. The van der Waals surface area contributed by atoms with Crippen LogP contribution in [0.4, 0.5) is 0 Å². The van der Waals surface area contributed by atoms with Gasteiger partial charge in [-0.1, -0.05) is 60.7 Å². The fourth-order valence-electron chi connectivity index (χ4n) is 4.60. The zero-order chi connectivity index (χ0) is 25.7. The van der Waals surface area contributed by atoms with Crippen LogP contribution in [0, 0.1) is 5.92 Å². The Kier molecular flexibility index (Phi) is 8.40. The van der Waals surface area contributed by atoms with Gasteiger partial charge in [-0.05, 0) is 43.5 Å². The molecule has 1 fully saturated rings. The highest BCUT2D eigenvalue weighted by atomic mass is 35.5. The van der Waals surface area contributed by atoms with E-state index in [1.54, 1.807) is 0 Å². The Morgan fingerprint density at radius 3 is 2.17 bits per heavy atom. The summed E-state index contributed by atoms with van der Waals surface area (Å²) in [5.74, 6) is 0.647. The van der Waals surface area contributed by atoms with Gasteiger partial charge in [0.05, 0.1) is 6.61 Å². The number of aromatic nitrogens is 4. The molecule has 190 valence electrons. The number of piperidine rings is 1. The van der Waals surface area contributed by atoms with Gasteiger partial charge in [0.15, 0.2) is 11.2 Å². The zero-order valence-electron chi connectivity index (χ0n) is 20.9. The van der Waals surface area contributed by atoms with Crippen LogP contribution in [0.1, 0.15) is 30.1 Å². The third kappa shape index (κ3) is 5.78. The monoisotopic (exact) mass is 509 g/mol. The SMILES string of the molecule is CN1CCCC(COC(c2ccccc2)c2ccccc2)C1.Cn1c(=O)c2c(ncn2Cl)n(C)c1=O. The lowest BCUT2D eigenvalue weighted by Crippen LogP contribution is -2.37. The van der Waals surface area contributed by atoms with Crippen molar-refractivity contribution in [2.24, 2.45) is 20.0 Å². The predicted molar refractivity (Wildman–Crippen MR) is 142 cm³/mol. The van der Waals surface area contributed by atoms with Crippen LogP contribution in [-0.4, -0.2) is 49.8 Å². The van der Waals surface area contributed by atoms with Crippen molar-refractivity contribution in [1.29, 1.82) is 0 Å². The number of benzene rings is 2. The Balaban J connectivity index is 0.000000187. The molecule has 1 saturated heterocycles. The molecular formula is C27H32ClN5O3. The molecule has 0 bridgehead atoms. The molecule has 1 unspecified atom stereocenters. The van der Waals surface area contributed by atoms with E-state index < -0.39 is 11.2 Å². The molecule has 1 aliphatic rings. The van der Waals surface area contributed by atoms with Crippen LogP contribution in [0.15, 0.2) is 76.6 Å². The molecule has 3 heterocycles. The van der Waals surface area contributed by atoms with Crippen molar-refractivity contribution in [3.05, 3.63) is 99.0 Å². The van der Waals surface area contributed by atoms with Gasteiger partial charge in [0.1, 0.15) is 12.4 Å². The lowest BCUT2D eigenvalue weighted by Gasteiger charge is -2.31. The molecule has 1 aliphatic heterocycles. The molecule has 0 aliphatic carbocycles. The topological polar surface area (TPSA) is 74.3 Å². The van der Waals surface area contributed by atoms with Crippen molar-refractivity contribution in [3.8, 4) is 0 Å². The van der Waals surface area contributed by atoms with E-state index >= 15 is 0 Å². The number of nitrogens with zero attached hydrogens (tertiary/aromatic N) is 5. The first-order valence-electron chi connectivity index (χ1n) is 12.1. The Labute approximate surface area is 215 Å². The lowest BCUT2D eigenvalue weighted by molar-refractivity contribution is 0.0307. The Morgan fingerprint density at radius 1 is 0.972 bits per heavy atom. The van der Waals surface area contributed by atoms with Crippen LogP contribution >= 0.6 is 11.8 Å². The Bertz CT molecular complexity index is 1360. The minimum absolute atomic E-state index is 0.0367. The molecule has 0 spiro atoms. The summed E-state index contributed by atoms with van der Waals surface area (Å²) in [5, 5.41) is 0. The highest BCUT2D eigenvalue weighted by Gasteiger charge is 2.21. The first kappa shape index (κ1) is 25.9. The van der Waals surface area contributed by atoms with Crippen LogP contribution in [0.2, 0.25) is 0 Å². The minimum atomic E-state index is -0.449. The Hall–Kier alpha value is -3.20. The van der Waals surface area contributed by atoms with Gasteiger partial charge in [0.25, 0.3) is 5.56 Å². The van der Waals surface area contributed by atoms with E-state index in [0.29, 0.717) is 5.92 Å². The predicted octanol–water partition coefficient (Wildman–Crippen LogP) is 3.57. The summed E-state index contributed by atoms with van der Waals surface area (Å²) in [5.41, 5.74) is 2.09. The number of imidazole rings is 1. The second-order valence-corrected chi connectivity index (χ2v) is 9.60. The van der Waals surface area contributed by atoms with E-state index in [9.17, 15) is 9.59 Å². The largest absolute Gasteiger partial charge is 0.368 e. The molecule has 0 N–H and O–H groups in total. The average molecular weight is 510 g/mol. The first-order chi connectivity index (χ1) is 17.4. The fourth-order valence-corrected chi connectivity index (χ4v) is 4.79. The minimum Gasteiger partial charge on any atom is -0.368 e. The van der Waals surface area contributed by atoms with Crippen molar-refractivity contribution >= 4 is 22.9 Å². The summed E-state index contributed by atoms with van der Waals surface area (Å²) in [6.07, 6.45) is 3.88. The molecule has 36 heavy (non-hydrogen) atoms. The molecular weight excluding hydrogens is 478 g/mol. The number of likely N-dealkylation sites (tertiary alicyclic amines) is 1. The van der Waals surface area contributed by atoms with Crippen LogP contribution in [0.25, 0.3) is 11.2 Å². The highest BCUT2D eigenvalue weighted by molar-refractivity contribution is 6.18. The van der Waals surface area contributed by atoms with E-state index in [2.05, 4.69) is 77.6 Å². The summed E-state index contributed by atoms with van der Waals surface area (Å²) >= 11 is 5.70. The summed E-state index contributed by atoms with van der Waals surface area (Å²) < 4.78 is 9.72. The lowest BCUT2D eigenvalue weighted by atomic mass is 9.98. The van der Waals surface area contributed by atoms with Crippen molar-refractivity contribution < 1.29 is 4.74 Å². The second-order valence-electron chi connectivity index (χ2n) is 9.24. The van der Waals surface area contributed by atoms with Crippen LogP contribution in [0.3, 0.4) is 0 Å². The standard InChI is InChI=1S/C20H25NO.C7H7ClN4O2/c1-21-14-8-9-17(15-21)16-22-20(18-10-4-2-5-11-18)19-12-6-3-7-13-19;1-10-5-4(12(8)3-9-5)6(13)11(2)7(10)14/h2-7,10-13,17,20H,8-9,14-16H2,1H3;3H,1-2H3. The van der Waals surface area contributed by atoms with Gasteiger partial charge < -0.3 is 9.64 Å². The molecule has 8 nitrogen and oxygen atoms in total. The van der Waals surface area contributed by atoms with E-state index in [-0.39, 0.29) is 17.3 Å². The maximum atomic E-state index is 11.6. The average Bonchev–Trinajstić information content (AvgIpc) is 3.29. The smallest absolute Gasteiger partial charge is 0.332 e. The zero-order valence-corrected chi connectivity index (χ0v) is 21.6. The summed E-state index contributed by atoms with van der Waals surface area (Å²) in [6.45, 7) is 3.20. The van der Waals surface area contributed by atoms with Gasteiger partial charge >= 0.3 is 5.69 Å². The van der Waals surface area contributed by atoms with Crippen LogP contribution < -0.4 is 11.2 Å². The van der Waals surface area contributed by atoms with Crippen molar-refractivity contribution in [2.45, 2.75) is 18.9 Å². The van der Waals surface area contributed by atoms with Gasteiger partial charge in [-0.2, -0.15) is 0 Å². The third-order valence-corrected chi connectivity index (χ3v) is 6.79. The molecule has 2 aromatic heterocycles. The summed E-state index contributed by atoms with van der Waals surface area (Å²) in [6, 6.07) is 21.1. The highest BCUT2D eigenvalue weighted by Crippen LogP contribution is 2.27. The maximum absolute atomic E-state index is 11.6. The quantitative estimate of drug-likeness (QED) is 0.411.